The molecule has 3 rings (SSSR count). The third kappa shape index (κ3) is 2.41. The van der Waals surface area contributed by atoms with Crippen molar-refractivity contribution in [2.45, 2.75) is 5.92 Å². The van der Waals surface area contributed by atoms with Crippen LogP contribution in [0.25, 0.3) is 5.52 Å². The number of carbonyl (C=O) groups excluding carboxylic acids is 1. The molecule has 0 saturated carbocycles. The first-order valence-electron chi connectivity index (χ1n) is 6.51. The zero-order valence-corrected chi connectivity index (χ0v) is 12.2. The van der Waals surface area contributed by atoms with Gasteiger partial charge in [-0.25, -0.2) is 4.98 Å². The second-order valence-electron chi connectivity index (χ2n) is 4.86. The van der Waals surface area contributed by atoms with Crippen LogP contribution in [0.2, 0.25) is 5.02 Å². The lowest BCUT2D eigenvalue weighted by atomic mass is 9.93. The topological polar surface area (TPSA) is 84.2 Å². The van der Waals surface area contributed by atoms with Crippen LogP contribution in [-0.2, 0) is 4.79 Å². The second kappa shape index (κ2) is 5.51. The van der Waals surface area contributed by atoms with Crippen molar-refractivity contribution >= 4 is 23.0 Å². The number of nitrogens with two attached hydrogens (primary N) is 1. The van der Waals surface area contributed by atoms with Gasteiger partial charge < -0.3 is 10.1 Å². The average Bonchev–Trinajstić information content (AvgIpc) is 2.96. The number of aromatic nitrogens is 2. The summed E-state index contributed by atoms with van der Waals surface area (Å²) in [6.45, 7) is 0. The number of fused-ring (bicyclic) bond motifs is 1. The molecule has 0 aliphatic rings. The van der Waals surface area contributed by atoms with Crippen molar-refractivity contribution in [3.05, 3.63) is 70.8 Å². The Morgan fingerprint density at radius 2 is 2.05 bits per heavy atom. The minimum Gasteiger partial charge on any atom is -0.369 e. The molecule has 2 heterocycles. The fraction of sp³-hybridized carbons (Fsp3) is 0.0625. The molecule has 0 bridgehead atoms. The van der Waals surface area contributed by atoms with E-state index in [0.717, 1.165) is 5.52 Å². The van der Waals surface area contributed by atoms with E-state index in [2.05, 4.69) is 4.98 Å². The Kier molecular flexibility index (Phi) is 3.53. The number of hydrogen-bond donors (Lipinski definition) is 1. The van der Waals surface area contributed by atoms with E-state index in [9.17, 15) is 4.79 Å². The first-order valence-corrected chi connectivity index (χ1v) is 6.89. The molecule has 0 aliphatic carbocycles. The fourth-order valence-electron chi connectivity index (χ4n) is 2.47. The minimum absolute atomic E-state index is 0.498. The van der Waals surface area contributed by atoms with Crippen LogP contribution in [0.5, 0.6) is 0 Å². The first-order chi connectivity index (χ1) is 10.6. The lowest BCUT2D eigenvalue weighted by Crippen LogP contribution is -2.24. The number of hydrogen-bond acceptors (Lipinski definition) is 3. The summed E-state index contributed by atoms with van der Waals surface area (Å²) in [5, 5.41) is 9.37. The van der Waals surface area contributed by atoms with Gasteiger partial charge in [-0.1, -0.05) is 23.7 Å². The summed E-state index contributed by atoms with van der Waals surface area (Å²) in [5.74, 6) is -1.18. The summed E-state index contributed by atoms with van der Waals surface area (Å²) in [4.78, 5) is 16.1. The Labute approximate surface area is 131 Å². The number of imidazole rings is 1. The highest BCUT2D eigenvalue weighted by Crippen LogP contribution is 2.28. The van der Waals surface area contributed by atoms with Crippen molar-refractivity contribution in [1.29, 1.82) is 5.26 Å². The summed E-state index contributed by atoms with van der Waals surface area (Å²) in [7, 11) is 0. The normalized spacial score (nSPS) is 12.0. The molecule has 5 nitrogen and oxygen atoms in total. The maximum absolute atomic E-state index is 12.0. The van der Waals surface area contributed by atoms with E-state index >= 15 is 0 Å². The van der Waals surface area contributed by atoms with Crippen molar-refractivity contribution < 1.29 is 4.79 Å². The van der Waals surface area contributed by atoms with Crippen LogP contribution in [0.1, 0.15) is 22.7 Å². The molecule has 3 aromatic rings. The Morgan fingerprint density at radius 1 is 1.32 bits per heavy atom. The van der Waals surface area contributed by atoms with E-state index in [1.807, 2.05) is 6.07 Å². The van der Waals surface area contributed by atoms with Crippen molar-refractivity contribution in [2.75, 3.05) is 0 Å². The van der Waals surface area contributed by atoms with E-state index in [1.54, 1.807) is 53.3 Å². The first kappa shape index (κ1) is 14.1. The van der Waals surface area contributed by atoms with Crippen LogP contribution in [-0.4, -0.2) is 15.3 Å². The van der Waals surface area contributed by atoms with Gasteiger partial charge in [0.05, 0.1) is 29.7 Å². The number of carbonyl (C=O) groups is 1. The van der Waals surface area contributed by atoms with Gasteiger partial charge in [0.1, 0.15) is 5.92 Å². The summed E-state index contributed by atoms with van der Waals surface area (Å²) in [6, 6.07) is 12.2. The third-order valence-corrected chi connectivity index (χ3v) is 3.69. The van der Waals surface area contributed by atoms with Crippen molar-refractivity contribution in [3.63, 3.8) is 0 Å². The van der Waals surface area contributed by atoms with E-state index in [-0.39, 0.29) is 0 Å². The van der Waals surface area contributed by atoms with Gasteiger partial charge in [-0.3, -0.25) is 4.79 Å². The van der Waals surface area contributed by atoms with E-state index < -0.39 is 11.8 Å². The zero-order chi connectivity index (χ0) is 15.7. The monoisotopic (exact) mass is 310 g/mol. The number of benzene rings is 1. The largest absolute Gasteiger partial charge is 0.369 e. The number of nitrogens with zero attached hydrogens (tertiary/aromatic N) is 3. The van der Waals surface area contributed by atoms with Gasteiger partial charge >= 0.3 is 0 Å². The molecule has 2 aromatic heterocycles. The quantitative estimate of drug-likeness (QED) is 0.806. The minimum atomic E-state index is -0.678. The van der Waals surface area contributed by atoms with Crippen LogP contribution in [0.4, 0.5) is 0 Å². The number of amides is 1. The molecule has 2 N–H and O–H groups in total. The molecule has 1 atom stereocenters. The molecule has 0 aliphatic heterocycles. The van der Waals surface area contributed by atoms with Crippen LogP contribution < -0.4 is 5.73 Å². The smallest absolute Gasteiger partial charge is 0.230 e. The molecular weight excluding hydrogens is 300 g/mol. The molecule has 1 aromatic carbocycles. The van der Waals surface area contributed by atoms with Crippen LogP contribution in [0.15, 0.2) is 48.9 Å². The van der Waals surface area contributed by atoms with Gasteiger partial charge in [-0.05, 0) is 29.8 Å². The SMILES string of the molecule is N#Cc1ccc(C(C(N)=O)c2cc(Cl)cc3cncn23)cc1. The third-order valence-electron chi connectivity index (χ3n) is 3.47. The van der Waals surface area contributed by atoms with Gasteiger partial charge in [0.2, 0.25) is 5.91 Å². The van der Waals surface area contributed by atoms with Crippen molar-refractivity contribution in [3.8, 4) is 6.07 Å². The van der Waals surface area contributed by atoms with E-state index in [4.69, 9.17) is 22.6 Å². The highest BCUT2D eigenvalue weighted by molar-refractivity contribution is 6.31. The molecule has 0 saturated heterocycles. The molecule has 22 heavy (non-hydrogen) atoms. The summed E-state index contributed by atoms with van der Waals surface area (Å²) >= 11 is 6.13. The van der Waals surface area contributed by atoms with Crippen molar-refractivity contribution in [1.82, 2.24) is 9.38 Å². The maximum Gasteiger partial charge on any atom is 0.230 e. The van der Waals surface area contributed by atoms with Crippen LogP contribution >= 0.6 is 11.6 Å². The van der Waals surface area contributed by atoms with Crippen LogP contribution in [0.3, 0.4) is 0 Å². The lowest BCUT2D eigenvalue weighted by Gasteiger charge is -2.16. The Balaban J connectivity index is 2.20. The van der Waals surface area contributed by atoms with Crippen molar-refractivity contribution in [2.24, 2.45) is 5.73 Å². The number of nitriles is 1. The molecule has 0 fully saturated rings. The second-order valence-corrected chi connectivity index (χ2v) is 5.29. The standard InChI is InChI=1S/C16H11ClN4O/c17-12-5-13-8-20-9-21(13)14(6-12)15(16(19)22)11-3-1-10(7-18)2-4-11/h1-6,8-9,15H,(H2,19,22). The van der Waals surface area contributed by atoms with E-state index in [0.29, 0.717) is 21.8 Å². The number of rotatable bonds is 3. The molecule has 6 heteroatoms. The van der Waals surface area contributed by atoms with Gasteiger partial charge in [0.15, 0.2) is 0 Å². The van der Waals surface area contributed by atoms with Gasteiger partial charge in [-0.2, -0.15) is 5.26 Å². The molecule has 0 radical (unpaired) electrons. The van der Waals surface area contributed by atoms with E-state index in [1.165, 1.54) is 0 Å². The van der Waals surface area contributed by atoms with Gasteiger partial charge in [0, 0.05) is 10.7 Å². The highest BCUT2D eigenvalue weighted by Gasteiger charge is 2.23. The number of primary amides is 1. The Morgan fingerprint density at radius 3 is 2.68 bits per heavy atom. The van der Waals surface area contributed by atoms with Crippen LogP contribution in [0, 0.1) is 11.3 Å². The summed E-state index contributed by atoms with van der Waals surface area (Å²) in [6.07, 6.45) is 3.27. The molecule has 108 valence electrons. The Hall–Kier alpha value is -2.84. The molecular formula is C16H11ClN4O. The average molecular weight is 311 g/mol. The number of halogens is 1. The maximum atomic E-state index is 12.0. The molecule has 1 amide bonds. The fourth-order valence-corrected chi connectivity index (χ4v) is 2.70. The zero-order valence-electron chi connectivity index (χ0n) is 11.4. The number of pyridine rings is 1. The summed E-state index contributed by atoms with van der Waals surface area (Å²) in [5.41, 5.74) is 8.23. The van der Waals surface area contributed by atoms with Gasteiger partial charge in [-0.15, -0.1) is 0 Å². The molecule has 1 unspecified atom stereocenters. The predicted molar refractivity (Wildman–Crippen MR) is 82.4 cm³/mol. The Bertz CT molecular complexity index is 893. The summed E-state index contributed by atoms with van der Waals surface area (Å²) < 4.78 is 1.78. The predicted octanol–water partition coefficient (Wildman–Crippen LogP) is 2.48. The molecule has 0 spiro atoms. The lowest BCUT2D eigenvalue weighted by molar-refractivity contribution is -0.118. The highest BCUT2D eigenvalue weighted by atomic mass is 35.5. The van der Waals surface area contributed by atoms with Gasteiger partial charge in [0.25, 0.3) is 0 Å².